The zero-order valence-corrected chi connectivity index (χ0v) is 19.1. The van der Waals surface area contributed by atoms with E-state index in [4.69, 9.17) is 14.2 Å². The Kier molecular flexibility index (Phi) is 5.36. The van der Waals surface area contributed by atoms with Crippen LogP contribution in [0.5, 0.6) is 23.0 Å². The Morgan fingerprint density at radius 3 is 2.50 bits per heavy atom. The largest absolute Gasteiger partial charge is 0.504 e. The first-order chi connectivity index (χ1) is 16.4. The molecule has 0 aromatic heterocycles. The molecular formula is C28H24O6. The lowest BCUT2D eigenvalue weighted by Crippen LogP contribution is -2.21. The maximum absolute atomic E-state index is 13.2. The molecule has 2 aliphatic heterocycles. The topological polar surface area (TPSA) is 82.1 Å². The van der Waals surface area contributed by atoms with Gasteiger partial charge in [0, 0.05) is 11.5 Å². The number of phenolic OH excluding ortho intramolecular Hbond substituents is 1. The molecule has 2 aliphatic rings. The van der Waals surface area contributed by atoms with Gasteiger partial charge in [-0.2, -0.15) is 0 Å². The quantitative estimate of drug-likeness (QED) is 0.313. The van der Waals surface area contributed by atoms with Crippen molar-refractivity contribution in [1.29, 1.82) is 0 Å². The maximum atomic E-state index is 13.2. The van der Waals surface area contributed by atoms with Crippen molar-refractivity contribution in [3.63, 3.8) is 0 Å². The number of carbonyl (C=O) groups excluding carboxylic acids is 2. The summed E-state index contributed by atoms with van der Waals surface area (Å²) in [5.74, 6) is 0.688. The number of allylic oxidation sites excluding steroid dienone is 1. The summed E-state index contributed by atoms with van der Waals surface area (Å²) in [6.45, 7) is 4.26. The van der Waals surface area contributed by atoms with E-state index in [0.29, 0.717) is 34.3 Å². The Morgan fingerprint density at radius 1 is 1.03 bits per heavy atom. The predicted octanol–water partition coefficient (Wildman–Crippen LogP) is 5.58. The number of phenols is 1. The minimum atomic E-state index is -0.418. The highest BCUT2D eigenvalue weighted by atomic mass is 16.5. The summed E-state index contributed by atoms with van der Waals surface area (Å²) in [5.41, 5.74) is 3.89. The van der Waals surface area contributed by atoms with E-state index in [1.807, 2.05) is 24.3 Å². The summed E-state index contributed by atoms with van der Waals surface area (Å²) in [6, 6.07) is 16.2. The van der Waals surface area contributed by atoms with Crippen LogP contribution < -0.4 is 14.2 Å². The molecule has 6 nitrogen and oxygen atoms in total. The van der Waals surface area contributed by atoms with Crippen molar-refractivity contribution in [2.24, 2.45) is 0 Å². The van der Waals surface area contributed by atoms with Crippen LogP contribution in [0.25, 0.3) is 6.08 Å². The maximum Gasteiger partial charge on any atom is 0.312 e. The molecule has 172 valence electrons. The molecule has 1 N–H and O–H groups in total. The average molecular weight is 456 g/mol. The number of ether oxygens (including phenoxy) is 3. The van der Waals surface area contributed by atoms with Crippen LogP contribution in [-0.2, 0) is 4.79 Å². The molecule has 0 saturated carbocycles. The number of aromatic hydroxyl groups is 1. The molecule has 34 heavy (non-hydrogen) atoms. The van der Waals surface area contributed by atoms with E-state index in [1.165, 1.54) is 18.7 Å². The van der Waals surface area contributed by atoms with Gasteiger partial charge in [0.1, 0.15) is 11.5 Å². The van der Waals surface area contributed by atoms with Crippen molar-refractivity contribution in [3.8, 4) is 23.0 Å². The number of rotatable bonds is 4. The predicted molar refractivity (Wildman–Crippen MR) is 127 cm³/mol. The molecule has 0 amide bonds. The van der Waals surface area contributed by atoms with Gasteiger partial charge in [-0.25, -0.2) is 0 Å². The zero-order chi connectivity index (χ0) is 24.0. The fraction of sp³-hybridized carbons (Fsp3) is 0.214. The van der Waals surface area contributed by atoms with Crippen LogP contribution in [0.1, 0.15) is 64.7 Å². The second-order valence-corrected chi connectivity index (χ2v) is 8.78. The van der Waals surface area contributed by atoms with Crippen LogP contribution in [0, 0.1) is 0 Å². The van der Waals surface area contributed by atoms with Crippen LogP contribution in [0.3, 0.4) is 0 Å². The Hall–Kier alpha value is -4.06. The van der Waals surface area contributed by atoms with Gasteiger partial charge in [0.2, 0.25) is 5.78 Å². The van der Waals surface area contributed by atoms with Gasteiger partial charge in [-0.15, -0.1) is 0 Å². The SMILES string of the molecule is COc1cc(C2CC(=O)Oc3ccc4c(c32)O/C(=C\c2ccc(C(C)C)cc2)C4=O)ccc1O. The van der Waals surface area contributed by atoms with Crippen LogP contribution >= 0.6 is 0 Å². The molecule has 0 fully saturated rings. The second-order valence-electron chi connectivity index (χ2n) is 8.78. The van der Waals surface area contributed by atoms with Gasteiger partial charge < -0.3 is 19.3 Å². The summed E-state index contributed by atoms with van der Waals surface area (Å²) in [6.07, 6.45) is 1.80. The number of hydrogen-bond donors (Lipinski definition) is 1. The lowest BCUT2D eigenvalue weighted by atomic mass is 9.84. The van der Waals surface area contributed by atoms with E-state index in [0.717, 1.165) is 11.1 Å². The summed E-state index contributed by atoms with van der Waals surface area (Å²) < 4.78 is 16.8. The third kappa shape index (κ3) is 3.71. The van der Waals surface area contributed by atoms with Gasteiger partial charge in [-0.05, 0) is 52.9 Å². The number of fused-ring (bicyclic) bond motifs is 3. The van der Waals surface area contributed by atoms with Crippen molar-refractivity contribution < 1.29 is 28.9 Å². The summed E-state index contributed by atoms with van der Waals surface area (Å²) >= 11 is 0. The lowest BCUT2D eigenvalue weighted by molar-refractivity contribution is -0.135. The molecule has 3 aromatic rings. The summed E-state index contributed by atoms with van der Waals surface area (Å²) in [7, 11) is 1.46. The number of hydrogen-bond acceptors (Lipinski definition) is 6. The smallest absolute Gasteiger partial charge is 0.312 e. The number of methoxy groups -OCH3 is 1. The summed E-state index contributed by atoms with van der Waals surface area (Å²) in [5, 5.41) is 10.00. The minimum Gasteiger partial charge on any atom is -0.504 e. The minimum absolute atomic E-state index is 0.00304. The fourth-order valence-corrected chi connectivity index (χ4v) is 4.43. The third-order valence-corrected chi connectivity index (χ3v) is 6.29. The van der Waals surface area contributed by atoms with Crippen molar-refractivity contribution in [2.45, 2.75) is 32.1 Å². The lowest BCUT2D eigenvalue weighted by Gasteiger charge is -2.26. The monoisotopic (exact) mass is 456 g/mol. The molecule has 2 heterocycles. The number of esters is 1. The van der Waals surface area contributed by atoms with Crippen molar-refractivity contribution >= 4 is 17.8 Å². The first-order valence-corrected chi connectivity index (χ1v) is 11.1. The van der Waals surface area contributed by atoms with Gasteiger partial charge >= 0.3 is 5.97 Å². The van der Waals surface area contributed by atoms with Crippen LogP contribution in [-0.4, -0.2) is 24.0 Å². The number of ketones is 1. The van der Waals surface area contributed by atoms with Gasteiger partial charge in [0.05, 0.1) is 19.1 Å². The van der Waals surface area contributed by atoms with Gasteiger partial charge in [-0.3, -0.25) is 9.59 Å². The van der Waals surface area contributed by atoms with E-state index in [-0.39, 0.29) is 29.7 Å². The molecule has 6 heteroatoms. The Balaban J connectivity index is 1.57. The van der Waals surface area contributed by atoms with Crippen molar-refractivity contribution in [2.75, 3.05) is 7.11 Å². The van der Waals surface area contributed by atoms with E-state index >= 15 is 0 Å². The highest BCUT2D eigenvalue weighted by molar-refractivity contribution is 6.15. The molecule has 0 aliphatic carbocycles. The van der Waals surface area contributed by atoms with E-state index in [2.05, 4.69) is 13.8 Å². The first kappa shape index (κ1) is 21.8. The van der Waals surface area contributed by atoms with Crippen LogP contribution in [0.15, 0.2) is 60.4 Å². The highest BCUT2D eigenvalue weighted by Crippen LogP contribution is 2.49. The molecule has 0 radical (unpaired) electrons. The number of benzene rings is 3. The molecule has 5 rings (SSSR count). The van der Waals surface area contributed by atoms with E-state index < -0.39 is 5.92 Å². The van der Waals surface area contributed by atoms with Crippen molar-refractivity contribution in [3.05, 3.63) is 88.2 Å². The molecule has 3 aromatic carbocycles. The normalized spacial score (nSPS) is 17.9. The van der Waals surface area contributed by atoms with E-state index in [1.54, 1.807) is 30.3 Å². The molecule has 0 spiro atoms. The first-order valence-electron chi connectivity index (χ1n) is 11.1. The second kappa shape index (κ2) is 8.37. The van der Waals surface area contributed by atoms with Crippen LogP contribution in [0.2, 0.25) is 0 Å². The van der Waals surface area contributed by atoms with Crippen molar-refractivity contribution in [1.82, 2.24) is 0 Å². The molecule has 1 atom stereocenters. The van der Waals surface area contributed by atoms with E-state index in [9.17, 15) is 14.7 Å². The highest BCUT2D eigenvalue weighted by Gasteiger charge is 2.38. The average Bonchev–Trinajstić information content (AvgIpc) is 3.14. The molecule has 0 saturated heterocycles. The molecular weight excluding hydrogens is 432 g/mol. The standard InChI is InChI=1S/C28H24O6/c1-15(2)17-6-4-16(5-7-17)12-24-27(31)19-9-11-22-26(28(19)34-24)20(14-25(30)33-22)18-8-10-21(29)23(13-18)32-3/h4-13,15,20,29H,14H2,1-3H3/b24-12-. The summed E-state index contributed by atoms with van der Waals surface area (Å²) in [4.78, 5) is 25.5. The third-order valence-electron chi connectivity index (χ3n) is 6.29. The molecule has 1 unspecified atom stereocenters. The fourth-order valence-electron chi connectivity index (χ4n) is 4.43. The Labute approximate surface area is 197 Å². The molecule has 0 bridgehead atoms. The van der Waals surface area contributed by atoms with Gasteiger partial charge in [0.25, 0.3) is 0 Å². The zero-order valence-electron chi connectivity index (χ0n) is 19.1. The van der Waals surface area contributed by atoms with Crippen LogP contribution in [0.4, 0.5) is 0 Å². The Morgan fingerprint density at radius 2 is 1.79 bits per heavy atom. The van der Waals surface area contributed by atoms with Gasteiger partial charge in [0.15, 0.2) is 17.3 Å². The van der Waals surface area contributed by atoms with Gasteiger partial charge in [-0.1, -0.05) is 44.2 Å². The number of Topliss-reactive ketones (excluding diaryl/α,β-unsaturated/α-hetero) is 1. The number of carbonyl (C=O) groups is 2. The Bertz CT molecular complexity index is 1330.